The molecule has 1 atom stereocenters. The van der Waals surface area contributed by atoms with Gasteiger partial charge in [-0.05, 0) is 48.0 Å². The Bertz CT molecular complexity index is 395. The molecule has 15 heavy (non-hydrogen) atoms. The first-order chi connectivity index (χ1) is 7.09. The molecule has 0 amide bonds. The van der Waals surface area contributed by atoms with Crippen LogP contribution in [0.15, 0.2) is 10.6 Å². The van der Waals surface area contributed by atoms with Gasteiger partial charge < -0.3 is 9.26 Å². The maximum absolute atomic E-state index is 5.62. The normalized spacial score (nSPS) is 20.1. The van der Waals surface area contributed by atoms with Crippen LogP contribution in [0.3, 0.4) is 0 Å². The summed E-state index contributed by atoms with van der Waals surface area (Å²) in [5, 5.41) is 4.00. The van der Waals surface area contributed by atoms with E-state index in [-0.39, 0.29) is 6.10 Å². The van der Waals surface area contributed by atoms with Crippen molar-refractivity contribution < 1.29 is 9.26 Å². The zero-order valence-electron chi connectivity index (χ0n) is 9.08. The minimum atomic E-state index is 0.126. The summed E-state index contributed by atoms with van der Waals surface area (Å²) < 4.78 is 12.1. The molecule has 0 spiro atoms. The van der Waals surface area contributed by atoms with Crippen LogP contribution in [0.5, 0.6) is 5.88 Å². The monoisotopic (exact) mass is 319 g/mol. The average molecular weight is 319 g/mol. The molecule has 0 aliphatic heterocycles. The van der Waals surface area contributed by atoms with Gasteiger partial charge in [0.25, 0.3) is 5.88 Å². The Morgan fingerprint density at radius 3 is 3.00 bits per heavy atom. The largest absolute Gasteiger partial charge is 0.472 e. The summed E-state index contributed by atoms with van der Waals surface area (Å²) in [5.41, 5.74) is 1.04. The molecule has 0 radical (unpaired) electrons. The summed E-state index contributed by atoms with van der Waals surface area (Å²) in [6.45, 7) is 6.12. The lowest BCUT2D eigenvalue weighted by Gasteiger charge is -2.14. The molecule has 0 bridgehead atoms. The SMILES string of the molecule is CC(C)Oc1noc2c1C(I)=CCC2C. The van der Waals surface area contributed by atoms with Crippen molar-refractivity contribution in [3.05, 3.63) is 17.4 Å². The van der Waals surface area contributed by atoms with Gasteiger partial charge in [-0.15, -0.1) is 0 Å². The van der Waals surface area contributed by atoms with Crippen LogP contribution in [0.2, 0.25) is 0 Å². The second-order valence-electron chi connectivity index (χ2n) is 4.08. The third-order valence-corrected chi connectivity index (χ3v) is 3.35. The molecular weight excluding hydrogens is 305 g/mol. The van der Waals surface area contributed by atoms with Crippen LogP contribution in [0.25, 0.3) is 3.58 Å². The van der Waals surface area contributed by atoms with Crippen LogP contribution in [-0.4, -0.2) is 11.3 Å². The number of aromatic nitrogens is 1. The molecule has 3 nitrogen and oxygen atoms in total. The predicted octanol–water partition coefficient (Wildman–Crippen LogP) is 3.74. The van der Waals surface area contributed by atoms with Crippen molar-refractivity contribution in [3.63, 3.8) is 0 Å². The maximum Gasteiger partial charge on any atom is 0.263 e. The van der Waals surface area contributed by atoms with E-state index in [4.69, 9.17) is 9.26 Å². The summed E-state index contributed by atoms with van der Waals surface area (Å²) >= 11 is 2.31. The van der Waals surface area contributed by atoms with Gasteiger partial charge in [-0.1, -0.05) is 13.0 Å². The van der Waals surface area contributed by atoms with Gasteiger partial charge in [-0.2, -0.15) is 0 Å². The molecule has 1 aromatic rings. The van der Waals surface area contributed by atoms with E-state index in [1.807, 2.05) is 13.8 Å². The number of nitrogens with zero attached hydrogens (tertiary/aromatic N) is 1. The van der Waals surface area contributed by atoms with Crippen molar-refractivity contribution >= 4 is 26.2 Å². The number of fused-ring (bicyclic) bond motifs is 1. The van der Waals surface area contributed by atoms with Crippen LogP contribution in [0.4, 0.5) is 0 Å². The number of rotatable bonds is 2. The molecule has 1 heterocycles. The van der Waals surface area contributed by atoms with E-state index >= 15 is 0 Å². The summed E-state index contributed by atoms with van der Waals surface area (Å²) in [7, 11) is 0. The summed E-state index contributed by atoms with van der Waals surface area (Å²) in [5.74, 6) is 1.99. The molecule has 2 rings (SSSR count). The molecule has 0 fully saturated rings. The van der Waals surface area contributed by atoms with E-state index < -0.39 is 0 Å². The van der Waals surface area contributed by atoms with Gasteiger partial charge in [-0.3, -0.25) is 0 Å². The van der Waals surface area contributed by atoms with Crippen molar-refractivity contribution in [2.24, 2.45) is 0 Å². The first kappa shape index (κ1) is 11.0. The van der Waals surface area contributed by atoms with Crippen molar-refractivity contribution in [3.8, 4) is 5.88 Å². The molecule has 0 saturated carbocycles. The Kier molecular flexibility index (Phi) is 3.04. The Labute approximate surface area is 103 Å². The number of halogens is 1. The Morgan fingerprint density at radius 2 is 2.33 bits per heavy atom. The molecule has 1 aromatic heterocycles. The van der Waals surface area contributed by atoms with Crippen molar-refractivity contribution in [2.75, 3.05) is 0 Å². The predicted molar refractivity (Wildman–Crippen MR) is 67.3 cm³/mol. The molecule has 1 unspecified atom stereocenters. The van der Waals surface area contributed by atoms with Crippen LogP contribution in [-0.2, 0) is 0 Å². The fraction of sp³-hybridized carbons (Fsp3) is 0.545. The van der Waals surface area contributed by atoms with Crippen molar-refractivity contribution in [1.29, 1.82) is 0 Å². The standard InChI is InChI=1S/C11H14INO2/c1-6(2)14-11-9-8(12)5-4-7(3)10(9)15-13-11/h5-7H,4H2,1-3H3. The van der Waals surface area contributed by atoms with Gasteiger partial charge in [0.15, 0.2) is 5.76 Å². The first-order valence-corrected chi connectivity index (χ1v) is 6.19. The van der Waals surface area contributed by atoms with E-state index in [2.05, 4.69) is 40.7 Å². The van der Waals surface area contributed by atoms with E-state index in [0.29, 0.717) is 11.8 Å². The molecular formula is C11H14INO2. The van der Waals surface area contributed by atoms with Gasteiger partial charge >= 0.3 is 0 Å². The van der Waals surface area contributed by atoms with E-state index in [1.54, 1.807) is 0 Å². The molecule has 0 saturated heterocycles. The number of hydrogen-bond acceptors (Lipinski definition) is 3. The topological polar surface area (TPSA) is 35.3 Å². The zero-order valence-corrected chi connectivity index (χ0v) is 11.2. The van der Waals surface area contributed by atoms with Gasteiger partial charge in [0.2, 0.25) is 0 Å². The summed E-state index contributed by atoms with van der Waals surface area (Å²) in [6, 6.07) is 0. The fourth-order valence-corrected chi connectivity index (χ4v) is 2.39. The minimum absolute atomic E-state index is 0.126. The number of ether oxygens (including phenoxy) is 1. The summed E-state index contributed by atoms with van der Waals surface area (Å²) in [4.78, 5) is 0. The average Bonchev–Trinajstić information content (AvgIpc) is 2.56. The fourth-order valence-electron chi connectivity index (χ4n) is 1.64. The highest BCUT2D eigenvalue weighted by molar-refractivity contribution is 14.1. The number of hydrogen-bond donors (Lipinski definition) is 0. The Morgan fingerprint density at radius 1 is 1.60 bits per heavy atom. The van der Waals surface area contributed by atoms with Crippen molar-refractivity contribution in [1.82, 2.24) is 5.16 Å². The molecule has 82 valence electrons. The lowest BCUT2D eigenvalue weighted by molar-refractivity contribution is 0.216. The highest BCUT2D eigenvalue weighted by Crippen LogP contribution is 2.42. The molecule has 0 N–H and O–H groups in total. The molecule has 1 aliphatic rings. The van der Waals surface area contributed by atoms with Gasteiger partial charge in [-0.25, -0.2) is 0 Å². The second-order valence-corrected chi connectivity index (χ2v) is 5.24. The van der Waals surface area contributed by atoms with E-state index in [9.17, 15) is 0 Å². The zero-order chi connectivity index (χ0) is 11.0. The van der Waals surface area contributed by atoms with E-state index in [1.165, 1.54) is 3.58 Å². The Hall–Kier alpha value is -0.520. The smallest absolute Gasteiger partial charge is 0.263 e. The number of allylic oxidation sites excluding steroid dienone is 1. The second kappa shape index (κ2) is 4.15. The van der Waals surface area contributed by atoms with Crippen LogP contribution >= 0.6 is 22.6 Å². The first-order valence-electron chi connectivity index (χ1n) is 5.12. The maximum atomic E-state index is 5.62. The van der Waals surface area contributed by atoms with Gasteiger partial charge in [0.05, 0.1) is 11.7 Å². The summed E-state index contributed by atoms with van der Waals surface area (Å²) in [6.07, 6.45) is 3.35. The third-order valence-electron chi connectivity index (χ3n) is 2.37. The third kappa shape index (κ3) is 2.04. The van der Waals surface area contributed by atoms with Crippen LogP contribution in [0.1, 0.15) is 44.4 Å². The highest BCUT2D eigenvalue weighted by Gasteiger charge is 2.27. The molecule has 1 aliphatic carbocycles. The lowest BCUT2D eigenvalue weighted by atomic mass is 9.96. The van der Waals surface area contributed by atoms with Crippen LogP contribution < -0.4 is 4.74 Å². The quantitative estimate of drug-likeness (QED) is 0.779. The van der Waals surface area contributed by atoms with E-state index in [0.717, 1.165) is 17.7 Å². The highest BCUT2D eigenvalue weighted by atomic mass is 127. The van der Waals surface area contributed by atoms with Crippen molar-refractivity contribution in [2.45, 2.75) is 39.2 Å². The van der Waals surface area contributed by atoms with Gasteiger partial charge in [0.1, 0.15) is 0 Å². The van der Waals surface area contributed by atoms with Gasteiger partial charge in [0, 0.05) is 9.50 Å². The minimum Gasteiger partial charge on any atom is -0.472 e. The molecule has 4 heteroatoms. The molecule has 0 aromatic carbocycles. The lowest BCUT2D eigenvalue weighted by Crippen LogP contribution is -2.08. The Balaban J connectivity index is 2.41. The van der Waals surface area contributed by atoms with Crippen LogP contribution in [0, 0.1) is 0 Å².